The number of halogens is 1. The molecule has 0 aliphatic carbocycles. The van der Waals surface area contributed by atoms with Crippen LogP contribution >= 0.6 is 11.3 Å². The van der Waals surface area contributed by atoms with Gasteiger partial charge >= 0.3 is 0 Å². The molecule has 0 fully saturated rings. The number of ether oxygens (including phenoxy) is 1. The summed E-state index contributed by atoms with van der Waals surface area (Å²) in [6, 6.07) is 14.9. The number of hydrogen-bond donors (Lipinski definition) is 1. The van der Waals surface area contributed by atoms with Crippen LogP contribution in [0.25, 0.3) is 0 Å². The maximum atomic E-state index is 13.0. The molecule has 0 spiro atoms. The number of thiazole rings is 1. The van der Waals surface area contributed by atoms with Gasteiger partial charge in [-0.15, -0.1) is 11.3 Å². The minimum Gasteiger partial charge on any atom is -0.481 e. The zero-order valence-electron chi connectivity index (χ0n) is 14.5. The number of carbonyl (C=O) groups is 1. The van der Waals surface area contributed by atoms with Gasteiger partial charge < -0.3 is 4.74 Å². The van der Waals surface area contributed by atoms with Crippen LogP contribution in [0, 0.1) is 17.1 Å². The molecule has 2 aromatic carbocycles. The second-order valence-corrected chi connectivity index (χ2v) is 6.94. The fourth-order valence-electron chi connectivity index (χ4n) is 2.32. The topological polar surface area (TPSA) is 75.0 Å². The van der Waals surface area contributed by atoms with E-state index >= 15 is 0 Å². The normalized spacial score (nSPS) is 11.4. The third-order valence-electron chi connectivity index (χ3n) is 3.74. The molecule has 0 radical (unpaired) electrons. The molecule has 0 saturated carbocycles. The number of nitriles is 1. The molecule has 1 atom stereocenters. The SMILES string of the molecule is CC(Oc1ccc(C#N)cc1)C(=O)Nc1ncc(Cc2ccc(F)cc2)s1. The molecule has 1 N–H and O–H groups in total. The lowest BCUT2D eigenvalue weighted by molar-refractivity contribution is -0.122. The van der Waals surface area contributed by atoms with Crippen molar-refractivity contribution in [1.82, 2.24) is 4.98 Å². The second kappa shape index (κ2) is 8.43. The van der Waals surface area contributed by atoms with Crippen molar-refractivity contribution in [2.75, 3.05) is 5.32 Å². The summed E-state index contributed by atoms with van der Waals surface area (Å²) in [5, 5.41) is 12.0. The van der Waals surface area contributed by atoms with Crippen LogP contribution in [0.3, 0.4) is 0 Å². The van der Waals surface area contributed by atoms with Crippen LogP contribution < -0.4 is 10.1 Å². The number of amides is 1. The fraction of sp³-hybridized carbons (Fsp3) is 0.150. The first kappa shape index (κ1) is 18.5. The summed E-state index contributed by atoms with van der Waals surface area (Å²) < 4.78 is 18.5. The lowest BCUT2D eigenvalue weighted by Gasteiger charge is -2.13. The van der Waals surface area contributed by atoms with Crippen LogP contribution in [-0.2, 0) is 11.2 Å². The highest BCUT2D eigenvalue weighted by atomic mass is 32.1. The van der Waals surface area contributed by atoms with Gasteiger partial charge in [-0.1, -0.05) is 12.1 Å². The van der Waals surface area contributed by atoms with E-state index in [1.807, 2.05) is 6.07 Å². The molecule has 5 nitrogen and oxygen atoms in total. The zero-order chi connectivity index (χ0) is 19.2. The molecule has 0 aliphatic heterocycles. The third kappa shape index (κ3) is 5.12. The summed E-state index contributed by atoms with van der Waals surface area (Å²) in [5.41, 5.74) is 1.49. The number of benzene rings is 2. The van der Waals surface area contributed by atoms with E-state index in [9.17, 15) is 9.18 Å². The zero-order valence-corrected chi connectivity index (χ0v) is 15.3. The molecule has 1 aromatic heterocycles. The molecule has 0 saturated heterocycles. The predicted molar refractivity (Wildman–Crippen MR) is 101 cm³/mol. The van der Waals surface area contributed by atoms with Gasteiger partial charge in [0, 0.05) is 17.5 Å². The predicted octanol–water partition coefficient (Wildman–Crippen LogP) is 4.15. The molecule has 3 aromatic rings. The van der Waals surface area contributed by atoms with E-state index < -0.39 is 6.10 Å². The highest BCUT2D eigenvalue weighted by Crippen LogP contribution is 2.22. The Morgan fingerprint density at radius 1 is 1.26 bits per heavy atom. The number of rotatable bonds is 6. The maximum Gasteiger partial charge on any atom is 0.266 e. The standard InChI is InChI=1S/C20H16FN3O2S/c1-13(26-17-8-4-15(11-22)5-9-17)19(25)24-20-23-12-18(27-20)10-14-2-6-16(21)7-3-14/h2-9,12-13H,10H2,1H3,(H,23,24,25). The van der Waals surface area contributed by atoms with Crippen LogP contribution in [0.2, 0.25) is 0 Å². The summed E-state index contributed by atoms with van der Waals surface area (Å²) in [6.45, 7) is 1.64. The first-order valence-corrected chi connectivity index (χ1v) is 9.02. The van der Waals surface area contributed by atoms with E-state index in [0.29, 0.717) is 22.9 Å². The van der Waals surface area contributed by atoms with E-state index in [2.05, 4.69) is 10.3 Å². The molecule has 7 heteroatoms. The number of anilines is 1. The molecular weight excluding hydrogens is 365 g/mol. The molecule has 1 unspecified atom stereocenters. The summed E-state index contributed by atoms with van der Waals surface area (Å²) in [4.78, 5) is 17.4. The fourth-order valence-corrected chi connectivity index (χ4v) is 3.17. The molecule has 1 heterocycles. The Morgan fingerprint density at radius 2 is 1.96 bits per heavy atom. The Labute approximate surface area is 160 Å². The quantitative estimate of drug-likeness (QED) is 0.696. The molecule has 3 rings (SSSR count). The van der Waals surface area contributed by atoms with Crippen molar-refractivity contribution in [3.63, 3.8) is 0 Å². The van der Waals surface area contributed by atoms with Crippen molar-refractivity contribution in [2.45, 2.75) is 19.4 Å². The van der Waals surface area contributed by atoms with Crippen molar-refractivity contribution >= 4 is 22.4 Å². The molecule has 27 heavy (non-hydrogen) atoms. The van der Waals surface area contributed by atoms with Gasteiger partial charge in [0.2, 0.25) is 0 Å². The first-order valence-electron chi connectivity index (χ1n) is 8.20. The first-order chi connectivity index (χ1) is 13.0. The van der Waals surface area contributed by atoms with Gasteiger partial charge in [0.1, 0.15) is 11.6 Å². The largest absolute Gasteiger partial charge is 0.481 e. The van der Waals surface area contributed by atoms with E-state index in [-0.39, 0.29) is 11.7 Å². The molecule has 0 bridgehead atoms. The van der Waals surface area contributed by atoms with E-state index in [0.717, 1.165) is 10.4 Å². The summed E-state index contributed by atoms with van der Waals surface area (Å²) >= 11 is 1.36. The average Bonchev–Trinajstić information content (AvgIpc) is 3.11. The van der Waals surface area contributed by atoms with Gasteiger partial charge in [0.25, 0.3) is 5.91 Å². The Bertz CT molecular complexity index is 962. The maximum absolute atomic E-state index is 13.0. The third-order valence-corrected chi connectivity index (χ3v) is 4.65. The molecule has 136 valence electrons. The van der Waals surface area contributed by atoms with E-state index in [4.69, 9.17) is 10.00 Å². The lowest BCUT2D eigenvalue weighted by Crippen LogP contribution is -2.30. The summed E-state index contributed by atoms with van der Waals surface area (Å²) in [7, 11) is 0. The number of aromatic nitrogens is 1. The average molecular weight is 381 g/mol. The van der Waals surface area contributed by atoms with E-state index in [1.165, 1.54) is 23.5 Å². The van der Waals surface area contributed by atoms with Gasteiger partial charge in [0.15, 0.2) is 11.2 Å². The molecule has 1 amide bonds. The lowest BCUT2D eigenvalue weighted by atomic mass is 10.1. The van der Waals surface area contributed by atoms with Crippen LogP contribution in [0.15, 0.2) is 54.7 Å². The Balaban J connectivity index is 1.56. The number of nitrogens with zero attached hydrogens (tertiary/aromatic N) is 2. The summed E-state index contributed by atoms with van der Waals surface area (Å²) in [5.74, 6) is -0.0814. The van der Waals surface area contributed by atoms with Crippen molar-refractivity contribution in [3.8, 4) is 11.8 Å². The minimum absolute atomic E-state index is 0.271. The van der Waals surface area contributed by atoms with Crippen LogP contribution in [0.4, 0.5) is 9.52 Å². The number of hydrogen-bond acceptors (Lipinski definition) is 5. The van der Waals surface area contributed by atoms with Crippen LogP contribution in [0.5, 0.6) is 5.75 Å². The minimum atomic E-state index is -0.720. The van der Waals surface area contributed by atoms with Crippen LogP contribution in [0.1, 0.15) is 22.9 Å². The summed E-state index contributed by atoms with van der Waals surface area (Å²) in [6.07, 6.45) is 1.59. The molecule has 0 aliphatic rings. The van der Waals surface area contributed by atoms with Crippen LogP contribution in [-0.4, -0.2) is 17.0 Å². The van der Waals surface area contributed by atoms with Crippen molar-refractivity contribution in [3.05, 3.63) is 76.5 Å². The van der Waals surface area contributed by atoms with E-state index in [1.54, 1.807) is 49.5 Å². The highest BCUT2D eigenvalue weighted by Gasteiger charge is 2.16. The van der Waals surface area contributed by atoms with Gasteiger partial charge in [-0.2, -0.15) is 5.26 Å². The Morgan fingerprint density at radius 3 is 2.63 bits per heavy atom. The number of carbonyl (C=O) groups excluding carboxylic acids is 1. The Kier molecular flexibility index (Phi) is 5.79. The Hall–Kier alpha value is -3.24. The van der Waals surface area contributed by atoms with Crippen molar-refractivity contribution < 1.29 is 13.9 Å². The van der Waals surface area contributed by atoms with Crippen molar-refractivity contribution in [2.24, 2.45) is 0 Å². The monoisotopic (exact) mass is 381 g/mol. The van der Waals surface area contributed by atoms with Gasteiger partial charge in [-0.05, 0) is 48.9 Å². The van der Waals surface area contributed by atoms with Gasteiger partial charge in [0.05, 0.1) is 11.6 Å². The van der Waals surface area contributed by atoms with Gasteiger partial charge in [-0.25, -0.2) is 9.37 Å². The van der Waals surface area contributed by atoms with Crippen molar-refractivity contribution in [1.29, 1.82) is 5.26 Å². The molecular formula is C20H16FN3O2S. The second-order valence-electron chi connectivity index (χ2n) is 5.82. The number of nitrogens with one attached hydrogen (secondary N) is 1. The van der Waals surface area contributed by atoms with Gasteiger partial charge in [-0.3, -0.25) is 10.1 Å². The highest BCUT2D eigenvalue weighted by molar-refractivity contribution is 7.15. The smallest absolute Gasteiger partial charge is 0.266 e.